The Kier molecular flexibility index (Phi) is 4.73. The highest BCUT2D eigenvalue weighted by Gasteiger charge is 2.44. The SMILES string of the molecule is CN(C)C[C@@H]1CC[C@]2(COCCN(C(=O)c3ccc4cc[nH]c4c3)C2)O1. The van der Waals surface area contributed by atoms with Gasteiger partial charge in [0.15, 0.2) is 0 Å². The lowest BCUT2D eigenvalue weighted by Gasteiger charge is -2.32. The Balaban J connectivity index is 1.51. The Morgan fingerprint density at radius 3 is 3.12 bits per heavy atom. The van der Waals surface area contributed by atoms with Gasteiger partial charge in [-0.3, -0.25) is 4.79 Å². The lowest BCUT2D eigenvalue weighted by atomic mass is 9.99. The zero-order valence-electron chi connectivity index (χ0n) is 15.5. The highest BCUT2D eigenvalue weighted by molar-refractivity contribution is 5.98. The summed E-state index contributed by atoms with van der Waals surface area (Å²) in [6.07, 6.45) is 4.05. The van der Waals surface area contributed by atoms with Crippen LogP contribution >= 0.6 is 0 Å². The van der Waals surface area contributed by atoms with E-state index in [0.717, 1.165) is 30.3 Å². The highest BCUT2D eigenvalue weighted by Crippen LogP contribution is 2.33. The van der Waals surface area contributed by atoms with E-state index in [1.54, 1.807) is 0 Å². The molecule has 3 heterocycles. The van der Waals surface area contributed by atoms with Crippen molar-refractivity contribution in [2.45, 2.75) is 24.5 Å². The predicted octanol–water partition coefficient (Wildman–Crippen LogP) is 2.12. The molecule has 2 aromatic rings. The number of aromatic amines is 1. The van der Waals surface area contributed by atoms with Gasteiger partial charge in [-0.2, -0.15) is 0 Å². The number of ether oxygens (including phenoxy) is 2. The molecule has 2 saturated heterocycles. The van der Waals surface area contributed by atoms with Crippen molar-refractivity contribution in [1.82, 2.24) is 14.8 Å². The average molecular weight is 357 g/mol. The van der Waals surface area contributed by atoms with Crippen LogP contribution in [0.4, 0.5) is 0 Å². The van der Waals surface area contributed by atoms with Gasteiger partial charge in [0.05, 0.1) is 25.9 Å². The molecule has 1 N–H and O–H groups in total. The average Bonchev–Trinajstić information content (AvgIpc) is 3.17. The van der Waals surface area contributed by atoms with Crippen molar-refractivity contribution in [2.75, 3.05) is 46.9 Å². The van der Waals surface area contributed by atoms with Gasteiger partial charge in [-0.25, -0.2) is 0 Å². The van der Waals surface area contributed by atoms with Gasteiger partial charge in [0.25, 0.3) is 5.91 Å². The molecular weight excluding hydrogens is 330 g/mol. The van der Waals surface area contributed by atoms with Crippen molar-refractivity contribution in [3.05, 3.63) is 36.0 Å². The first kappa shape index (κ1) is 17.5. The molecule has 1 spiro atoms. The number of benzene rings is 1. The van der Waals surface area contributed by atoms with Crippen molar-refractivity contribution in [1.29, 1.82) is 0 Å². The summed E-state index contributed by atoms with van der Waals surface area (Å²) in [5.41, 5.74) is 1.32. The summed E-state index contributed by atoms with van der Waals surface area (Å²) in [6, 6.07) is 7.83. The van der Waals surface area contributed by atoms with Crippen LogP contribution in [0.1, 0.15) is 23.2 Å². The standard InChI is InChI=1S/C20H27N3O3/c1-22(2)12-17-5-7-20(26-17)13-23(9-10-25-14-20)19(24)16-4-3-15-6-8-21-18(15)11-16/h3-4,6,8,11,17,21H,5,7,9-10,12-14H2,1-2H3/t17-,20-/m0/s1. The number of H-pyrrole nitrogens is 1. The number of hydrogen-bond donors (Lipinski definition) is 1. The summed E-state index contributed by atoms with van der Waals surface area (Å²) < 4.78 is 12.2. The van der Waals surface area contributed by atoms with Gasteiger partial charge in [-0.15, -0.1) is 0 Å². The number of carbonyl (C=O) groups excluding carboxylic acids is 1. The molecule has 2 aliphatic heterocycles. The van der Waals surface area contributed by atoms with Gasteiger partial charge in [0.1, 0.15) is 5.60 Å². The first-order chi connectivity index (χ1) is 12.5. The number of hydrogen-bond acceptors (Lipinski definition) is 4. The monoisotopic (exact) mass is 357 g/mol. The number of likely N-dealkylation sites (N-methyl/N-ethyl adjacent to an activating group) is 1. The topological polar surface area (TPSA) is 57.8 Å². The smallest absolute Gasteiger partial charge is 0.254 e. The van der Waals surface area contributed by atoms with E-state index in [1.165, 1.54) is 0 Å². The first-order valence-corrected chi connectivity index (χ1v) is 9.31. The van der Waals surface area contributed by atoms with Crippen molar-refractivity contribution in [2.24, 2.45) is 0 Å². The van der Waals surface area contributed by atoms with E-state index in [9.17, 15) is 4.79 Å². The number of amides is 1. The number of fused-ring (bicyclic) bond motifs is 1. The van der Waals surface area contributed by atoms with Gasteiger partial charge < -0.3 is 24.3 Å². The molecule has 140 valence electrons. The Hall–Kier alpha value is -1.89. The summed E-state index contributed by atoms with van der Waals surface area (Å²) in [7, 11) is 4.12. The number of rotatable bonds is 3. The maximum atomic E-state index is 13.1. The van der Waals surface area contributed by atoms with E-state index in [4.69, 9.17) is 9.47 Å². The lowest BCUT2D eigenvalue weighted by Crippen LogP contribution is -2.47. The molecule has 0 radical (unpaired) electrons. The van der Waals surface area contributed by atoms with E-state index >= 15 is 0 Å². The van der Waals surface area contributed by atoms with Crippen LogP contribution in [-0.4, -0.2) is 79.3 Å². The molecule has 26 heavy (non-hydrogen) atoms. The third-order valence-corrected chi connectivity index (χ3v) is 5.35. The fraction of sp³-hybridized carbons (Fsp3) is 0.550. The lowest BCUT2D eigenvalue weighted by molar-refractivity contribution is -0.0878. The first-order valence-electron chi connectivity index (χ1n) is 9.31. The molecule has 0 bridgehead atoms. The number of aromatic nitrogens is 1. The van der Waals surface area contributed by atoms with Crippen molar-refractivity contribution >= 4 is 16.8 Å². The molecule has 2 aliphatic rings. The Morgan fingerprint density at radius 2 is 2.27 bits per heavy atom. The minimum Gasteiger partial charge on any atom is -0.377 e. The Labute approximate surface area is 154 Å². The molecule has 4 rings (SSSR count). The van der Waals surface area contributed by atoms with Gasteiger partial charge in [0.2, 0.25) is 0 Å². The number of nitrogens with zero attached hydrogens (tertiary/aromatic N) is 2. The van der Waals surface area contributed by atoms with Crippen molar-refractivity contribution in [3.63, 3.8) is 0 Å². The zero-order valence-corrected chi connectivity index (χ0v) is 15.5. The number of carbonyl (C=O) groups is 1. The van der Waals surface area contributed by atoms with Crippen LogP contribution in [0.25, 0.3) is 10.9 Å². The third-order valence-electron chi connectivity index (χ3n) is 5.35. The third kappa shape index (κ3) is 3.49. The van der Waals surface area contributed by atoms with Crippen molar-refractivity contribution in [3.8, 4) is 0 Å². The second-order valence-electron chi connectivity index (χ2n) is 7.78. The molecule has 1 amide bonds. The Bertz CT molecular complexity index is 787. The van der Waals surface area contributed by atoms with E-state index in [-0.39, 0.29) is 17.6 Å². The maximum Gasteiger partial charge on any atom is 0.254 e. The highest BCUT2D eigenvalue weighted by atomic mass is 16.6. The molecule has 1 aromatic heterocycles. The predicted molar refractivity (Wildman–Crippen MR) is 100 cm³/mol. The maximum absolute atomic E-state index is 13.1. The van der Waals surface area contributed by atoms with Crippen LogP contribution < -0.4 is 0 Å². The fourth-order valence-corrected chi connectivity index (χ4v) is 4.10. The molecule has 6 nitrogen and oxygen atoms in total. The molecule has 0 saturated carbocycles. The molecule has 2 atom stereocenters. The normalized spacial score (nSPS) is 26.7. The zero-order chi connectivity index (χ0) is 18.1. The summed E-state index contributed by atoms with van der Waals surface area (Å²) in [5.74, 6) is 0.0473. The van der Waals surface area contributed by atoms with Crippen LogP contribution in [0.2, 0.25) is 0 Å². The van der Waals surface area contributed by atoms with Crippen LogP contribution in [0.3, 0.4) is 0 Å². The van der Waals surface area contributed by atoms with Crippen LogP contribution in [-0.2, 0) is 9.47 Å². The van der Waals surface area contributed by atoms with E-state index in [2.05, 4.69) is 24.0 Å². The van der Waals surface area contributed by atoms with Crippen LogP contribution in [0.15, 0.2) is 30.5 Å². The second kappa shape index (κ2) is 7.02. The van der Waals surface area contributed by atoms with Crippen LogP contribution in [0.5, 0.6) is 0 Å². The number of nitrogens with one attached hydrogen (secondary N) is 1. The summed E-state index contributed by atoms with van der Waals surface area (Å²) in [6.45, 7) is 3.22. The van der Waals surface area contributed by atoms with Gasteiger partial charge in [-0.05, 0) is 50.5 Å². The van der Waals surface area contributed by atoms with Crippen molar-refractivity contribution < 1.29 is 14.3 Å². The quantitative estimate of drug-likeness (QED) is 0.914. The molecule has 6 heteroatoms. The van der Waals surface area contributed by atoms with Gasteiger partial charge in [-0.1, -0.05) is 6.07 Å². The second-order valence-corrected chi connectivity index (χ2v) is 7.78. The largest absolute Gasteiger partial charge is 0.377 e. The summed E-state index contributed by atoms with van der Waals surface area (Å²) in [5, 5.41) is 1.11. The van der Waals surface area contributed by atoms with E-state index < -0.39 is 0 Å². The Morgan fingerprint density at radius 1 is 1.38 bits per heavy atom. The molecule has 2 fully saturated rings. The summed E-state index contributed by atoms with van der Waals surface area (Å²) >= 11 is 0. The van der Waals surface area contributed by atoms with Gasteiger partial charge in [0, 0.05) is 30.4 Å². The molecule has 1 aromatic carbocycles. The van der Waals surface area contributed by atoms with Crippen LogP contribution in [0, 0.1) is 0 Å². The molecule has 0 unspecified atom stereocenters. The van der Waals surface area contributed by atoms with E-state index in [0.29, 0.717) is 31.9 Å². The minimum atomic E-state index is -0.372. The summed E-state index contributed by atoms with van der Waals surface area (Å²) in [4.78, 5) is 20.3. The van der Waals surface area contributed by atoms with E-state index in [1.807, 2.05) is 35.4 Å². The fourth-order valence-electron chi connectivity index (χ4n) is 4.10. The van der Waals surface area contributed by atoms with Gasteiger partial charge >= 0.3 is 0 Å². The minimum absolute atomic E-state index is 0.0473. The molecular formula is C20H27N3O3. The molecule has 0 aliphatic carbocycles.